The van der Waals surface area contributed by atoms with Crippen molar-refractivity contribution in [2.24, 2.45) is 0 Å². The second-order valence-corrected chi connectivity index (χ2v) is 7.19. The Kier molecular flexibility index (Phi) is 4.66. The molecule has 0 bridgehead atoms. The van der Waals surface area contributed by atoms with E-state index in [0.717, 1.165) is 24.4 Å². The molecule has 1 aromatic heterocycles. The van der Waals surface area contributed by atoms with Crippen LogP contribution in [-0.2, 0) is 19.3 Å². The fourth-order valence-corrected chi connectivity index (χ4v) is 3.89. The number of aromatic nitrogens is 2. The summed E-state index contributed by atoms with van der Waals surface area (Å²) >= 11 is 1.80. The highest BCUT2D eigenvalue weighted by molar-refractivity contribution is 7.11. The van der Waals surface area contributed by atoms with Gasteiger partial charge in [0.25, 0.3) is 0 Å². The van der Waals surface area contributed by atoms with Crippen molar-refractivity contribution in [3.8, 4) is 0 Å². The van der Waals surface area contributed by atoms with Gasteiger partial charge in [-0.05, 0) is 30.4 Å². The number of nitrogens with one attached hydrogen (secondary N) is 1. The van der Waals surface area contributed by atoms with Gasteiger partial charge in [0.05, 0.1) is 0 Å². The Hall–Kier alpha value is -1.26. The molecule has 1 N–H and O–H groups in total. The normalized spacial score (nSPS) is 18.0. The van der Waals surface area contributed by atoms with Gasteiger partial charge in [0.2, 0.25) is 0 Å². The van der Waals surface area contributed by atoms with E-state index in [1.165, 1.54) is 29.0 Å². The van der Waals surface area contributed by atoms with Crippen LogP contribution in [0.3, 0.4) is 0 Å². The SMILES string of the molecule is CC(C)NCCc1nnc(C2CCc3ccccc3C2)s1. The summed E-state index contributed by atoms with van der Waals surface area (Å²) in [6.07, 6.45) is 4.48. The Balaban J connectivity index is 1.62. The van der Waals surface area contributed by atoms with Gasteiger partial charge in [-0.3, -0.25) is 0 Å². The van der Waals surface area contributed by atoms with Crippen molar-refractivity contribution in [1.29, 1.82) is 0 Å². The predicted molar refractivity (Wildman–Crippen MR) is 88.0 cm³/mol. The molecule has 0 saturated heterocycles. The molecule has 3 nitrogen and oxygen atoms in total. The van der Waals surface area contributed by atoms with E-state index in [1.807, 2.05) is 0 Å². The Morgan fingerprint density at radius 3 is 2.86 bits per heavy atom. The maximum Gasteiger partial charge on any atom is 0.120 e. The van der Waals surface area contributed by atoms with E-state index in [9.17, 15) is 0 Å². The number of fused-ring (bicyclic) bond motifs is 1. The number of hydrogen-bond acceptors (Lipinski definition) is 4. The summed E-state index contributed by atoms with van der Waals surface area (Å²) in [5.74, 6) is 0.559. The van der Waals surface area contributed by atoms with Gasteiger partial charge in [0.15, 0.2) is 0 Å². The second kappa shape index (κ2) is 6.67. The first-order valence-electron chi connectivity index (χ1n) is 7.85. The summed E-state index contributed by atoms with van der Waals surface area (Å²) in [5.41, 5.74) is 3.01. The highest BCUT2D eigenvalue weighted by atomic mass is 32.1. The van der Waals surface area contributed by atoms with Gasteiger partial charge in [-0.25, -0.2) is 0 Å². The number of aryl methyl sites for hydroxylation is 1. The van der Waals surface area contributed by atoms with Gasteiger partial charge in [-0.15, -0.1) is 21.5 Å². The van der Waals surface area contributed by atoms with E-state index in [0.29, 0.717) is 12.0 Å². The zero-order valence-electron chi connectivity index (χ0n) is 12.8. The zero-order valence-corrected chi connectivity index (χ0v) is 13.6. The molecule has 0 amide bonds. The second-order valence-electron chi connectivity index (χ2n) is 6.10. The molecule has 0 saturated carbocycles. The molecule has 1 aliphatic carbocycles. The van der Waals surface area contributed by atoms with E-state index >= 15 is 0 Å². The summed E-state index contributed by atoms with van der Waals surface area (Å²) in [5, 5.41) is 14.6. The molecule has 1 atom stereocenters. The molecule has 21 heavy (non-hydrogen) atoms. The third-order valence-electron chi connectivity index (χ3n) is 4.07. The maximum absolute atomic E-state index is 4.45. The van der Waals surface area contributed by atoms with Crippen molar-refractivity contribution in [1.82, 2.24) is 15.5 Å². The van der Waals surface area contributed by atoms with Crippen LogP contribution in [-0.4, -0.2) is 22.8 Å². The minimum atomic E-state index is 0.534. The molecule has 1 heterocycles. The largest absolute Gasteiger partial charge is 0.314 e. The first-order chi connectivity index (χ1) is 10.2. The van der Waals surface area contributed by atoms with Gasteiger partial charge < -0.3 is 5.32 Å². The van der Waals surface area contributed by atoms with E-state index in [2.05, 4.69) is 53.6 Å². The predicted octanol–water partition coefficient (Wildman–Crippen LogP) is 3.35. The molecule has 1 aliphatic rings. The quantitative estimate of drug-likeness (QED) is 0.920. The van der Waals surface area contributed by atoms with E-state index in [-0.39, 0.29) is 0 Å². The Labute approximate surface area is 130 Å². The molecule has 112 valence electrons. The molecule has 4 heteroatoms. The van der Waals surface area contributed by atoms with E-state index < -0.39 is 0 Å². The highest BCUT2D eigenvalue weighted by Gasteiger charge is 2.22. The Bertz CT molecular complexity index is 591. The van der Waals surface area contributed by atoms with Crippen LogP contribution in [0.4, 0.5) is 0 Å². The van der Waals surface area contributed by atoms with Crippen LogP contribution in [0.25, 0.3) is 0 Å². The summed E-state index contributed by atoms with van der Waals surface area (Å²) < 4.78 is 0. The molecule has 3 rings (SSSR count). The summed E-state index contributed by atoms with van der Waals surface area (Å²) in [4.78, 5) is 0. The van der Waals surface area contributed by atoms with Crippen LogP contribution >= 0.6 is 11.3 Å². The lowest BCUT2D eigenvalue weighted by atomic mass is 9.84. The smallest absolute Gasteiger partial charge is 0.120 e. The van der Waals surface area contributed by atoms with Crippen LogP contribution in [0, 0.1) is 0 Å². The summed E-state index contributed by atoms with van der Waals surface area (Å²) in [6.45, 7) is 5.33. The number of hydrogen-bond donors (Lipinski definition) is 1. The van der Waals surface area contributed by atoms with Crippen molar-refractivity contribution in [3.63, 3.8) is 0 Å². The van der Waals surface area contributed by atoms with Crippen LogP contribution in [0.15, 0.2) is 24.3 Å². The van der Waals surface area contributed by atoms with Gasteiger partial charge in [0, 0.05) is 24.9 Å². The molecule has 2 aromatic rings. The average Bonchev–Trinajstić information content (AvgIpc) is 2.95. The van der Waals surface area contributed by atoms with Crippen molar-refractivity contribution < 1.29 is 0 Å². The first-order valence-corrected chi connectivity index (χ1v) is 8.66. The standard InChI is InChI=1S/C17H23N3S/c1-12(2)18-10-9-16-19-20-17(21-16)15-8-7-13-5-3-4-6-14(13)11-15/h3-6,12,15,18H,7-11H2,1-2H3. The van der Waals surface area contributed by atoms with Crippen LogP contribution < -0.4 is 5.32 Å². The fourth-order valence-electron chi connectivity index (χ4n) is 2.91. The molecular weight excluding hydrogens is 278 g/mol. The Morgan fingerprint density at radius 2 is 2.05 bits per heavy atom. The van der Waals surface area contributed by atoms with Crippen LogP contribution in [0.2, 0.25) is 0 Å². The maximum atomic E-state index is 4.45. The monoisotopic (exact) mass is 301 g/mol. The minimum absolute atomic E-state index is 0.534. The van der Waals surface area contributed by atoms with Crippen molar-refractivity contribution >= 4 is 11.3 Å². The van der Waals surface area contributed by atoms with Crippen molar-refractivity contribution in [2.45, 2.75) is 51.5 Å². The lowest BCUT2D eigenvalue weighted by Crippen LogP contribution is -2.24. The summed E-state index contributed by atoms with van der Waals surface area (Å²) in [7, 11) is 0. The molecule has 0 radical (unpaired) electrons. The Morgan fingerprint density at radius 1 is 1.24 bits per heavy atom. The molecule has 0 fully saturated rings. The number of benzene rings is 1. The first kappa shape index (κ1) is 14.7. The van der Waals surface area contributed by atoms with Gasteiger partial charge >= 0.3 is 0 Å². The third kappa shape index (κ3) is 3.69. The van der Waals surface area contributed by atoms with Crippen LogP contribution in [0.1, 0.15) is 47.3 Å². The molecule has 0 spiro atoms. The topological polar surface area (TPSA) is 37.8 Å². The minimum Gasteiger partial charge on any atom is -0.314 e. The molecule has 0 aliphatic heterocycles. The molecule has 1 aromatic carbocycles. The van der Waals surface area contributed by atoms with Crippen molar-refractivity contribution in [2.75, 3.05) is 6.54 Å². The highest BCUT2D eigenvalue weighted by Crippen LogP contribution is 2.33. The summed E-state index contributed by atoms with van der Waals surface area (Å²) in [6, 6.07) is 9.34. The molecular formula is C17H23N3S. The number of rotatable bonds is 5. The van der Waals surface area contributed by atoms with Crippen LogP contribution in [0.5, 0.6) is 0 Å². The average molecular weight is 301 g/mol. The van der Waals surface area contributed by atoms with E-state index in [4.69, 9.17) is 0 Å². The van der Waals surface area contributed by atoms with Crippen molar-refractivity contribution in [3.05, 3.63) is 45.4 Å². The number of nitrogens with zero attached hydrogens (tertiary/aromatic N) is 2. The lowest BCUT2D eigenvalue weighted by molar-refractivity contribution is 0.575. The van der Waals surface area contributed by atoms with Gasteiger partial charge in [-0.2, -0.15) is 0 Å². The third-order valence-corrected chi connectivity index (χ3v) is 5.22. The lowest BCUT2D eigenvalue weighted by Gasteiger charge is -2.22. The van der Waals surface area contributed by atoms with Gasteiger partial charge in [-0.1, -0.05) is 38.1 Å². The molecule has 1 unspecified atom stereocenters. The van der Waals surface area contributed by atoms with Gasteiger partial charge in [0.1, 0.15) is 10.0 Å². The zero-order chi connectivity index (χ0) is 14.7. The van der Waals surface area contributed by atoms with E-state index in [1.54, 1.807) is 11.3 Å². The fraction of sp³-hybridized carbons (Fsp3) is 0.529.